The monoisotopic (exact) mass is 290 g/mol. The number of aromatic nitrogens is 2. The average Bonchev–Trinajstić information content (AvgIpc) is 2.42. The number of hydrogen-bond donors (Lipinski definition) is 0. The second kappa shape index (κ2) is 4.89. The summed E-state index contributed by atoms with van der Waals surface area (Å²) in [5.41, 5.74) is 2.38. The standard InChI is InChI=1S/C10H15BrN2OS/c1-3-13-9(10(11)7(2)12-13)6-15-8-4-14-5-8/h8H,3-6H2,1-2H3. The molecular formula is C10H15BrN2OS. The third-order valence-electron chi connectivity index (χ3n) is 2.52. The van der Waals surface area contributed by atoms with Crippen LogP contribution in [0.15, 0.2) is 4.47 Å². The number of hydrogen-bond acceptors (Lipinski definition) is 3. The first kappa shape index (κ1) is 11.5. The van der Waals surface area contributed by atoms with E-state index in [1.807, 2.05) is 18.7 Å². The van der Waals surface area contributed by atoms with Crippen LogP contribution in [0.1, 0.15) is 18.3 Å². The predicted octanol–water partition coefficient (Wildman–Crippen LogP) is 2.61. The zero-order valence-electron chi connectivity index (χ0n) is 8.99. The van der Waals surface area contributed by atoms with Gasteiger partial charge in [-0.25, -0.2) is 0 Å². The van der Waals surface area contributed by atoms with Crippen LogP contribution in [-0.2, 0) is 17.0 Å². The fourth-order valence-corrected chi connectivity index (χ4v) is 3.20. The van der Waals surface area contributed by atoms with Crippen molar-refractivity contribution in [3.63, 3.8) is 0 Å². The molecule has 1 saturated heterocycles. The highest BCUT2D eigenvalue weighted by molar-refractivity contribution is 9.10. The molecule has 1 aliphatic rings. The Bertz CT molecular complexity index is 349. The van der Waals surface area contributed by atoms with Gasteiger partial charge in [0.25, 0.3) is 0 Å². The Kier molecular flexibility index (Phi) is 3.74. The maximum absolute atomic E-state index is 5.16. The van der Waals surface area contributed by atoms with E-state index in [-0.39, 0.29) is 0 Å². The molecule has 0 aliphatic carbocycles. The maximum atomic E-state index is 5.16. The lowest BCUT2D eigenvalue weighted by molar-refractivity contribution is 0.0455. The van der Waals surface area contributed by atoms with Crippen LogP contribution in [0.3, 0.4) is 0 Å². The number of thioether (sulfide) groups is 1. The van der Waals surface area contributed by atoms with Crippen LogP contribution < -0.4 is 0 Å². The fraction of sp³-hybridized carbons (Fsp3) is 0.700. The van der Waals surface area contributed by atoms with E-state index < -0.39 is 0 Å². The molecule has 0 N–H and O–H groups in total. The summed E-state index contributed by atoms with van der Waals surface area (Å²) in [7, 11) is 0. The van der Waals surface area contributed by atoms with Gasteiger partial charge in [0, 0.05) is 12.3 Å². The molecule has 0 bridgehead atoms. The zero-order valence-corrected chi connectivity index (χ0v) is 11.4. The molecule has 0 radical (unpaired) electrons. The minimum atomic E-state index is 0.678. The largest absolute Gasteiger partial charge is 0.379 e. The number of aryl methyl sites for hydroxylation is 2. The van der Waals surface area contributed by atoms with Crippen molar-refractivity contribution < 1.29 is 4.74 Å². The van der Waals surface area contributed by atoms with Crippen LogP contribution in [0, 0.1) is 6.92 Å². The molecular weight excluding hydrogens is 276 g/mol. The summed E-state index contributed by atoms with van der Waals surface area (Å²) >= 11 is 5.56. The lowest BCUT2D eigenvalue weighted by atomic mass is 10.4. The van der Waals surface area contributed by atoms with E-state index in [4.69, 9.17) is 4.74 Å². The van der Waals surface area contributed by atoms with E-state index in [1.165, 1.54) is 5.69 Å². The summed E-state index contributed by atoms with van der Waals surface area (Å²) in [6.45, 7) is 6.91. The van der Waals surface area contributed by atoms with E-state index in [9.17, 15) is 0 Å². The molecule has 0 unspecified atom stereocenters. The van der Waals surface area contributed by atoms with Gasteiger partial charge in [0.1, 0.15) is 0 Å². The Morgan fingerprint density at radius 1 is 1.60 bits per heavy atom. The van der Waals surface area contributed by atoms with Crippen molar-refractivity contribution >= 4 is 27.7 Å². The van der Waals surface area contributed by atoms with Gasteiger partial charge >= 0.3 is 0 Å². The number of rotatable bonds is 4. The number of halogens is 1. The van der Waals surface area contributed by atoms with Crippen LogP contribution in [-0.4, -0.2) is 28.2 Å². The topological polar surface area (TPSA) is 27.1 Å². The Labute approximate surface area is 103 Å². The Morgan fingerprint density at radius 3 is 2.87 bits per heavy atom. The van der Waals surface area contributed by atoms with Crippen LogP contribution >= 0.6 is 27.7 Å². The number of nitrogens with zero attached hydrogens (tertiary/aromatic N) is 2. The van der Waals surface area contributed by atoms with Crippen molar-refractivity contribution in [3.05, 3.63) is 15.9 Å². The van der Waals surface area contributed by atoms with Gasteiger partial charge in [0.15, 0.2) is 0 Å². The van der Waals surface area contributed by atoms with Crippen molar-refractivity contribution in [2.45, 2.75) is 31.4 Å². The molecule has 1 fully saturated rings. The molecule has 3 nitrogen and oxygen atoms in total. The van der Waals surface area contributed by atoms with Gasteiger partial charge in [-0.3, -0.25) is 4.68 Å². The lowest BCUT2D eigenvalue weighted by Gasteiger charge is -2.25. The molecule has 0 aromatic carbocycles. The first-order chi connectivity index (χ1) is 7.22. The molecule has 15 heavy (non-hydrogen) atoms. The van der Waals surface area contributed by atoms with Crippen molar-refractivity contribution in [3.8, 4) is 0 Å². The summed E-state index contributed by atoms with van der Waals surface area (Å²) in [4.78, 5) is 0. The molecule has 0 saturated carbocycles. The van der Waals surface area contributed by atoms with Gasteiger partial charge < -0.3 is 4.74 Å². The minimum absolute atomic E-state index is 0.678. The first-order valence-corrected chi connectivity index (χ1v) is 6.97. The minimum Gasteiger partial charge on any atom is -0.379 e. The van der Waals surface area contributed by atoms with Crippen molar-refractivity contribution in [1.29, 1.82) is 0 Å². The predicted molar refractivity (Wildman–Crippen MR) is 66.2 cm³/mol. The molecule has 0 spiro atoms. The van der Waals surface area contributed by atoms with Gasteiger partial charge in [-0.1, -0.05) is 0 Å². The van der Waals surface area contributed by atoms with Crippen molar-refractivity contribution in [2.24, 2.45) is 0 Å². The third kappa shape index (κ3) is 2.40. The van der Waals surface area contributed by atoms with E-state index >= 15 is 0 Å². The van der Waals surface area contributed by atoms with Gasteiger partial charge in [-0.2, -0.15) is 5.10 Å². The lowest BCUT2D eigenvalue weighted by Crippen LogP contribution is -2.30. The zero-order chi connectivity index (χ0) is 10.8. The molecule has 84 valence electrons. The van der Waals surface area contributed by atoms with E-state index in [1.54, 1.807) is 0 Å². The third-order valence-corrected chi connectivity index (χ3v) is 4.73. The highest BCUT2D eigenvalue weighted by Crippen LogP contribution is 2.29. The molecule has 1 aromatic heterocycles. The van der Waals surface area contributed by atoms with Crippen LogP contribution in [0.25, 0.3) is 0 Å². The van der Waals surface area contributed by atoms with Crippen molar-refractivity contribution in [1.82, 2.24) is 9.78 Å². The highest BCUT2D eigenvalue weighted by atomic mass is 79.9. The smallest absolute Gasteiger partial charge is 0.0739 e. The Hall–Kier alpha value is -0.0000000000000000763. The van der Waals surface area contributed by atoms with Crippen molar-refractivity contribution in [2.75, 3.05) is 13.2 Å². The molecule has 2 rings (SSSR count). The van der Waals surface area contributed by atoms with E-state index in [0.29, 0.717) is 5.25 Å². The Morgan fingerprint density at radius 2 is 2.33 bits per heavy atom. The second-order valence-corrected chi connectivity index (χ2v) is 5.71. The average molecular weight is 291 g/mol. The normalized spacial score (nSPS) is 16.7. The maximum Gasteiger partial charge on any atom is 0.0739 e. The van der Waals surface area contributed by atoms with Gasteiger partial charge in [-0.15, -0.1) is 11.8 Å². The molecule has 5 heteroatoms. The quantitative estimate of drug-likeness (QED) is 0.853. The van der Waals surface area contributed by atoms with Gasteiger partial charge in [0.05, 0.1) is 34.3 Å². The van der Waals surface area contributed by atoms with E-state index in [0.717, 1.165) is 35.7 Å². The van der Waals surface area contributed by atoms with Crippen LogP contribution in [0.5, 0.6) is 0 Å². The van der Waals surface area contributed by atoms with Gasteiger partial charge in [0.2, 0.25) is 0 Å². The highest BCUT2D eigenvalue weighted by Gasteiger charge is 2.20. The summed E-state index contributed by atoms with van der Waals surface area (Å²) in [6, 6.07) is 0. The second-order valence-electron chi connectivity index (χ2n) is 3.63. The molecule has 2 heterocycles. The number of ether oxygens (including phenoxy) is 1. The SMILES string of the molecule is CCn1nc(C)c(Br)c1CSC1COC1. The van der Waals surface area contributed by atoms with Crippen LogP contribution in [0.4, 0.5) is 0 Å². The van der Waals surface area contributed by atoms with Crippen LogP contribution in [0.2, 0.25) is 0 Å². The molecule has 1 aliphatic heterocycles. The molecule has 0 amide bonds. The molecule has 0 atom stereocenters. The molecule has 1 aromatic rings. The summed E-state index contributed by atoms with van der Waals surface area (Å²) in [5, 5.41) is 5.15. The summed E-state index contributed by atoms with van der Waals surface area (Å²) in [5.74, 6) is 1.02. The van der Waals surface area contributed by atoms with Gasteiger partial charge in [-0.05, 0) is 29.8 Å². The first-order valence-electron chi connectivity index (χ1n) is 5.13. The fourth-order valence-electron chi connectivity index (χ4n) is 1.51. The summed E-state index contributed by atoms with van der Waals surface area (Å²) < 4.78 is 8.40. The Balaban J connectivity index is 2.04. The summed E-state index contributed by atoms with van der Waals surface area (Å²) in [6.07, 6.45) is 0. The van der Waals surface area contributed by atoms with E-state index in [2.05, 4.69) is 32.6 Å².